The molecule has 5 nitrogen and oxygen atoms in total. The summed E-state index contributed by atoms with van der Waals surface area (Å²) >= 11 is 0. The van der Waals surface area contributed by atoms with Gasteiger partial charge in [0.05, 0.1) is 20.8 Å². The van der Waals surface area contributed by atoms with Crippen LogP contribution in [0.4, 0.5) is 0 Å². The first-order valence-electron chi connectivity index (χ1n) is 6.87. The van der Waals surface area contributed by atoms with Crippen molar-refractivity contribution in [3.63, 3.8) is 0 Å². The molecule has 2 N–H and O–H groups in total. The van der Waals surface area contributed by atoms with E-state index in [1.54, 1.807) is 26.4 Å². The Labute approximate surface area is 119 Å². The molecule has 0 aromatic heterocycles. The number of nitrogens with two attached hydrogens (primary N) is 1. The Balaban J connectivity index is 2.12. The summed E-state index contributed by atoms with van der Waals surface area (Å²) in [5, 5.41) is 0. The lowest BCUT2D eigenvalue weighted by Crippen LogP contribution is -2.42. The van der Waals surface area contributed by atoms with Crippen LogP contribution in [0.1, 0.15) is 23.2 Å². The van der Waals surface area contributed by atoms with E-state index in [0.717, 1.165) is 25.9 Å². The Morgan fingerprint density at radius 1 is 1.25 bits per heavy atom. The smallest absolute Gasteiger partial charge is 0.184 e. The molecule has 0 radical (unpaired) electrons. The average molecular weight is 278 g/mol. The number of benzene rings is 1. The molecule has 110 valence electrons. The molecule has 1 aliphatic rings. The maximum Gasteiger partial charge on any atom is 0.184 e. The monoisotopic (exact) mass is 278 g/mol. The molecule has 1 saturated heterocycles. The van der Waals surface area contributed by atoms with Crippen molar-refractivity contribution in [2.45, 2.75) is 18.9 Å². The molecule has 0 saturated carbocycles. The van der Waals surface area contributed by atoms with Gasteiger partial charge in [-0.25, -0.2) is 0 Å². The van der Waals surface area contributed by atoms with Gasteiger partial charge in [0, 0.05) is 19.1 Å². The third kappa shape index (κ3) is 3.29. The second kappa shape index (κ2) is 6.72. The normalized spacial score (nSPS) is 16.9. The van der Waals surface area contributed by atoms with E-state index in [0.29, 0.717) is 23.6 Å². The number of hydrogen-bond donors (Lipinski definition) is 1. The average Bonchev–Trinajstić information content (AvgIpc) is 2.48. The van der Waals surface area contributed by atoms with Crippen LogP contribution in [-0.2, 0) is 0 Å². The number of carbonyl (C=O) groups excluding carboxylic acids is 1. The molecule has 0 aliphatic carbocycles. The number of likely N-dealkylation sites (tertiary alicyclic amines) is 1. The molecule has 0 spiro atoms. The molecule has 2 rings (SSSR count). The molecule has 1 heterocycles. The molecule has 0 atom stereocenters. The Bertz CT molecular complexity index is 446. The van der Waals surface area contributed by atoms with Crippen molar-refractivity contribution >= 4 is 5.78 Å². The van der Waals surface area contributed by atoms with Gasteiger partial charge in [0.15, 0.2) is 5.78 Å². The zero-order valence-electron chi connectivity index (χ0n) is 12.1. The van der Waals surface area contributed by atoms with Crippen molar-refractivity contribution < 1.29 is 14.3 Å². The van der Waals surface area contributed by atoms with Gasteiger partial charge in [-0.15, -0.1) is 0 Å². The minimum absolute atomic E-state index is 0.0229. The van der Waals surface area contributed by atoms with Crippen molar-refractivity contribution in [2.75, 3.05) is 33.9 Å². The maximum atomic E-state index is 12.5. The Morgan fingerprint density at radius 3 is 2.30 bits per heavy atom. The summed E-state index contributed by atoms with van der Waals surface area (Å²) in [6.07, 6.45) is 1.88. The van der Waals surface area contributed by atoms with Crippen LogP contribution in [0.5, 0.6) is 11.5 Å². The number of Topliss-reactive ketones (excluding diaryl/α,β-unsaturated/α-hetero) is 1. The topological polar surface area (TPSA) is 64.8 Å². The molecule has 1 aromatic carbocycles. The summed E-state index contributed by atoms with van der Waals surface area (Å²) in [5.41, 5.74) is 6.40. The predicted octanol–water partition coefficient (Wildman–Crippen LogP) is 1.31. The number of nitrogens with zero attached hydrogens (tertiary/aromatic N) is 1. The van der Waals surface area contributed by atoms with Gasteiger partial charge in [-0.3, -0.25) is 9.69 Å². The molecule has 0 unspecified atom stereocenters. The number of ketones is 1. The van der Waals surface area contributed by atoms with Gasteiger partial charge in [-0.05, 0) is 25.0 Å². The summed E-state index contributed by atoms with van der Waals surface area (Å²) in [6.45, 7) is 2.11. The minimum Gasteiger partial charge on any atom is -0.496 e. The third-order valence-corrected chi connectivity index (χ3v) is 3.71. The summed E-state index contributed by atoms with van der Waals surface area (Å²) in [6, 6.07) is 5.64. The summed E-state index contributed by atoms with van der Waals surface area (Å²) < 4.78 is 10.6. The van der Waals surface area contributed by atoms with E-state index < -0.39 is 0 Å². The van der Waals surface area contributed by atoms with Crippen LogP contribution < -0.4 is 15.2 Å². The quantitative estimate of drug-likeness (QED) is 0.823. The summed E-state index contributed by atoms with van der Waals surface area (Å²) in [5.74, 6) is 1.14. The molecule has 1 aromatic rings. The van der Waals surface area contributed by atoms with E-state index in [2.05, 4.69) is 4.90 Å². The van der Waals surface area contributed by atoms with Crippen LogP contribution in [-0.4, -0.2) is 50.6 Å². The number of hydrogen-bond acceptors (Lipinski definition) is 5. The fraction of sp³-hybridized carbons (Fsp3) is 0.533. The lowest BCUT2D eigenvalue weighted by molar-refractivity contribution is 0.0903. The van der Waals surface area contributed by atoms with E-state index in [1.165, 1.54) is 0 Å². The lowest BCUT2D eigenvalue weighted by atomic mass is 10.0. The van der Waals surface area contributed by atoms with Crippen molar-refractivity contribution in [3.8, 4) is 11.5 Å². The van der Waals surface area contributed by atoms with E-state index in [9.17, 15) is 4.79 Å². The first-order chi connectivity index (χ1) is 9.65. The molecular formula is C15H22N2O3. The third-order valence-electron chi connectivity index (χ3n) is 3.71. The largest absolute Gasteiger partial charge is 0.496 e. The van der Waals surface area contributed by atoms with Gasteiger partial charge in [0.1, 0.15) is 17.1 Å². The Morgan fingerprint density at radius 2 is 1.80 bits per heavy atom. The highest BCUT2D eigenvalue weighted by Gasteiger charge is 2.23. The number of carbonyl (C=O) groups is 1. The second-order valence-corrected chi connectivity index (χ2v) is 5.07. The fourth-order valence-corrected chi connectivity index (χ4v) is 2.52. The Kier molecular flexibility index (Phi) is 4.98. The number of rotatable bonds is 5. The summed E-state index contributed by atoms with van der Waals surface area (Å²) in [7, 11) is 3.12. The molecular weight excluding hydrogens is 256 g/mol. The number of ether oxygens (including phenoxy) is 2. The zero-order chi connectivity index (χ0) is 14.5. The van der Waals surface area contributed by atoms with Gasteiger partial charge in [0.25, 0.3) is 0 Å². The van der Waals surface area contributed by atoms with Gasteiger partial charge < -0.3 is 15.2 Å². The van der Waals surface area contributed by atoms with Gasteiger partial charge >= 0.3 is 0 Å². The highest BCUT2D eigenvalue weighted by Crippen LogP contribution is 2.29. The van der Waals surface area contributed by atoms with Crippen LogP contribution >= 0.6 is 0 Å². The van der Waals surface area contributed by atoms with Crippen LogP contribution in [0.2, 0.25) is 0 Å². The minimum atomic E-state index is 0.0229. The predicted molar refractivity (Wildman–Crippen MR) is 77.5 cm³/mol. The molecule has 5 heteroatoms. The van der Waals surface area contributed by atoms with Crippen LogP contribution in [0.15, 0.2) is 18.2 Å². The molecule has 1 aliphatic heterocycles. The zero-order valence-corrected chi connectivity index (χ0v) is 12.1. The lowest BCUT2D eigenvalue weighted by Gasteiger charge is -2.29. The second-order valence-electron chi connectivity index (χ2n) is 5.07. The van der Waals surface area contributed by atoms with Crippen molar-refractivity contribution in [2.24, 2.45) is 5.73 Å². The van der Waals surface area contributed by atoms with Crippen molar-refractivity contribution in [1.29, 1.82) is 0 Å². The van der Waals surface area contributed by atoms with Crippen LogP contribution in [0.3, 0.4) is 0 Å². The Hall–Kier alpha value is -1.59. The van der Waals surface area contributed by atoms with E-state index in [4.69, 9.17) is 15.2 Å². The number of methoxy groups -OCH3 is 2. The van der Waals surface area contributed by atoms with Crippen LogP contribution in [0, 0.1) is 0 Å². The highest BCUT2D eigenvalue weighted by atomic mass is 16.5. The van der Waals surface area contributed by atoms with E-state index in [1.807, 2.05) is 6.07 Å². The van der Waals surface area contributed by atoms with Gasteiger partial charge in [-0.2, -0.15) is 0 Å². The first kappa shape index (κ1) is 14.8. The molecule has 20 heavy (non-hydrogen) atoms. The molecule has 1 fully saturated rings. The van der Waals surface area contributed by atoms with E-state index in [-0.39, 0.29) is 11.8 Å². The van der Waals surface area contributed by atoms with Crippen molar-refractivity contribution in [3.05, 3.63) is 23.8 Å². The summed E-state index contributed by atoms with van der Waals surface area (Å²) in [4.78, 5) is 14.7. The number of piperidine rings is 1. The van der Waals surface area contributed by atoms with Crippen molar-refractivity contribution in [1.82, 2.24) is 4.90 Å². The fourth-order valence-electron chi connectivity index (χ4n) is 2.52. The van der Waals surface area contributed by atoms with Gasteiger partial charge in [-0.1, -0.05) is 6.07 Å². The maximum absolute atomic E-state index is 12.5. The SMILES string of the molecule is COc1cccc(OC)c1C(=O)CN1CCC(N)CC1. The van der Waals surface area contributed by atoms with Gasteiger partial charge in [0.2, 0.25) is 0 Å². The molecule has 0 amide bonds. The highest BCUT2D eigenvalue weighted by molar-refractivity contribution is 6.02. The van der Waals surface area contributed by atoms with E-state index >= 15 is 0 Å². The first-order valence-corrected chi connectivity index (χ1v) is 6.87. The standard InChI is InChI=1S/C15H22N2O3/c1-19-13-4-3-5-14(20-2)15(13)12(18)10-17-8-6-11(16)7-9-17/h3-5,11H,6-10,16H2,1-2H3. The molecule has 0 bridgehead atoms. The van der Waals surface area contributed by atoms with Crippen LogP contribution in [0.25, 0.3) is 0 Å².